The fraction of sp³-hybridized carbons (Fsp3) is 0.923. The van der Waals surface area contributed by atoms with E-state index in [-0.39, 0.29) is 12.4 Å². The first-order valence-electron chi connectivity index (χ1n) is 6.79. The van der Waals surface area contributed by atoms with Crippen molar-refractivity contribution in [3.63, 3.8) is 0 Å². The van der Waals surface area contributed by atoms with Gasteiger partial charge in [0, 0.05) is 31.6 Å². The monoisotopic (exact) mass is 260 g/mol. The van der Waals surface area contributed by atoms with Gasteiger partial charge in [-0.05, 0) is 19.8 Å². The molecule has 0 bridgehead atoms. The normalized spacial score (nSPS) is 27.1. The number of nitrogens with one attached hydrogen (secondary N) is 1. The van der Waals surface area contributed by atoms with Crippen molar-refractivity contribution in [3.05, 3.63) is 0 Å². The minimum atomic E-state index is 0. The maximum Gasteiger partial charge on any atom is 0.225 e. The molecule has 1 heterocycles. The highest BCUT2D eigenvalue weighted by molar-refractivity contribution is 5.85. The van der Waals surface area contributed by atoms with Crippen LogP contribution in [0.25, 0.3) is 0 Å². The highest BCUT2D eigenvalue weighted by Crippen LogP contribution is 2.24. The molecule has 2 rings (SSSR count). The van der Waals surface area contributed by atoms with Crippen LogP contribution in [0, 0.1) is 5.92 Å². The summed E-state index contributed by atoms with van der Waals surface area (Å²) >= 11 is 0. The van der Waals surface area contributed by atoms with Crippen LogP contribution in [-0.2, 0) is 4.79 Å². The van der Waals surface area contributed by atoms with E-state index in [9.17, 15) is 4.79 Å². The minimum absolute atomic E-state index is 0. The van der Waals surface area contributed by atoms with Crippen molar-refractivity contribution in [1.82, 2.24) is 10.2 Å². The molecule has 1 saturated heterocycles. The lowest BCUT2D eigenvalue weighted by atomic mass is 9.98. The summed E-state index contributed by atoms with van der Waals surface area (Å²) in [7, 11) is 0. The third-order valence-corrected chi connectivity index (χ3v) is 3.88. The number of nitrogens with zero attached hydrogens (tertiary/aromatic N) is 1. The maximum atomic E-state index is 12.3. The van der Waals surface area contributed by atoms with Gasteiger partial charge in [-0.1, -0.05) is 25.7 Å². The third kappa shape index (κ3) is 4.14. The second-order valence-corrected chi connectivity index (χ2v) is 5.33. The number of amides is 1. The van der Waals surface area contributed by atoms with E-state index in [1.165, 1.54) is 25.7 Å². The number of piperazine rings is 1. The highest BCUT2D eigenvalue weighted by Gasteiger charge is 2.27. The summed E-state index contributed by atoms with van der Waals surface area (Å²) in [5.74, 6) is 0.753. The largest absolute Gasteiger partial charge is 0.340 e. The molecule has 0 radical (unpaired) electrons. The fourth-order valence-electron chi connectivity index (χ4n) is 2.92. The standard InChI is InChI=1S/C13H24N2O.ClH/c1-11-10-15(9-8-14-11)13(16)12-6-4-2-3-5-7-12;/h11-12,14H,2-10H2,1H3;1H/t11-;/m0./s1. The van der Waals surface area contributed by atoms with Gasteiger partial charge in [-0.2, -0.15) is 0 Å². The van der Waals surface area contributed by atoms with Gasteiger partial charge in [0.2, 0.25) is 5.91 Å². The number of hydrogen-bond donors (Lipinski definition) is 1. The molecule has 1 aliphatic carbocycles. The Hall–Kier alpha value is -0.280. The average Bonchev–Trinajstić information content (AvgIpc) is 2.56. The number of hydrogen-bond acceptors (Lipinski definition) is 2. The van der Waals surface area contributed by atoms with E-state index >= 15 is 0 Å². The smallest absolute Gasteiger partial charge is 0.225 e. The van der Waals surface area contributed by atoms with Crippen LogP contribution in [0.3, 0.4) is 0 Å². The van der Waals surface area contributed by atoms with Crippen LogP contribution in [0.2, 0.25) is 0 Å². The molecule has 100 valence electrons. The highest BCUT2D eigenvalue weighted by atomic mass is 35.5. The molecule has 0 aromatic rings. The molecule has 1 saturated carbocycles. The molecule has 0 aromatic carbocycles. The minimum Gasteiger partial charge on any atom is -0.340 e. The van der Waals surface area contributed by atoms with Gasteiger partial charge in [-0.25, -0.2) is 0 Å². The van der Waals surface area contributed by atoms with Gasteiger partial charge in [-0.3, -0.25) is 4.79 Å². The summed E-state index contributed by atoms with van der Waals surface area (Å²) in [6.07, 6.45) is 7.38. The van der Waals surface area contributed by atoms with Crippen molar-refractivity contribution < 1.29 is 4.79 Å². The van der Waals surface area contributed by atoms with Gasteiger partial charge in [0.15, 0.2) is 0 Å². The molecular weight excluding hydrogens is 236 g/mol. The van der Waals surface area contributed by atoms with Crippen LogP contribution in [0.4, 0.5) is 0 Å². The predicted molar refractivity (Wildman–Crippen MR) is 72.5 cm³/mol. The summed E-state index contributed by atoms with van der Waals surface area (Å²) in [5.41, 5.74) is 0. The Morgan fingerprint density at radius 3 is 2.41 bits per heavy atom. The molecule has 17 heavy (non-hydrogen) atoms. The van der Waals surface area contributed by atoms with Crippen molar-refractivity contribution in [2.45, 2.75) is 51.5 Å². The first kappa shape index (κ1) is 14.8. The zero-order chi connectivity index (χ0) is 11.4. The van der Waals surface area contributed by atoms with Crippen molar-refractivity contribution in [3.8, 4) is 0 Å². The summed E-state index contributed by atoms with van der Waals surface area (Å²) in [5, 5.41) is 3.39. The molecule has 0 spiro atoms. The average molecular weight is 261 g/mol. The molecule has 4 heteroatoms. The first-order valence-corrected chi connectivity index (χ1v) is 6.79. The van der Waals surface area contributed by atoms with Gasteiger partial charge in [0.25, 0.3) is 0 Å². The van der Waals surface area contributed by atoms with E-state index in [0.717, 1.165) is 32.5 Å². The molecule has 0 unspecified atom stereocenters. The van der Waals surface area contributed by atoms with Gasteiger partial charge < -0.3 is 10.2 Å². The van der Waals surface area contributed by atoms with Gasteiger partial charge >= 0.3 is 0 Å². The summed E-state index contributed by atoms with van der Waals surface area (Å²) in [6, 6.07) is 0.462. The SMILES string of the molecule is C[C@H]1CN(C(=O)C2CCCCCC2)CCN1.Cl. The maximum absolute atomic E-state index is 12.3. The molecule has 2 fully saturated rings. The summed E-state index contributed by atoms with van der Waals surface area (Å²) in [4.78, 5) is 14.4. The zero-order valence-electron chi connectivity index (χ0n) is 10.8. The molecule has 3 nitrogen and oxygen atoms in total. The quantitative estimate of drug-likeness (QED) is 0.733. The van der Waals surface area contributed by atoms with E-state index in [2.05, 4.69) is 17.1 Å². The van der Waals surface area contributed by atoms with Gasteiger partial charge in [0.05, 0.1) is 0 Å². The molecule has 0 aromatic heterocycles. The topological polar surface area (TPSA) is 32.3 Å². The van der Waals surface area contributed by atoms with E-state index in [4.69, 9.17) is 0 Å². The molecular formula is C13H25ClN2O. The number of halogens is 1. The van der Waals surface area contributed by atoms with E-state index in [1.807, 2.05) is 0 Å². The van der Waals surface area contributed by atoms with Crippen LogP contribution in [-0.4, -0.2) is 36.5 Å². The molecule has 1 atom stereocenters. The van der Waals surface area contributed by atoms with Crippen molar-refractivity contribution in [2.24, 2.45) is 5.92 Å². The van der Waals surface area contributed by atoms with Crippen molar-refractivity contribution in [1.29, 1.82) is 0 Å². The zero-order valence-corrected chi connectivity index (χ0v) is 11.6. The lowest BCUT2D eigenvalue weighted by Crippen LogP contribution is -2.52. The Kier molecular flexibility index (Phi) is 6.28. The summed E-state index contributed by atoms with van der Waals surface area (Å²) in [6.45, 7) is 4.92. The summed E-state index contributed by atoms with van der Waals surface area (Å²) < 4.78 is 0. The van der Waals surface area contributed by atoms with Crippen LogP contribution >= 0.6 is 12.4 Å². The lowest BCUT2D eigenvalue weighted by molar-refractivity contribution is -0.137. The second-order valence-electron chi connectivity index (χ2n) is 5.33. The number of rotatable bonds is 1. The van der Waals surface area contributed by atoms with Crippen LogP contribution in [0.15, 0.2) is 0 Å². The van der Waals surface area contributed by atoms with Gasteiger partial charge in [0.1, 0.15) is 0 Å². The van der Waals surface area contributed by atoms with E-state index in [1.54, 1.807) is 0 Å². The number of carbonyl (C=O) groups excluding carboxylic acids is 1. The van der Waals surface area contributed by atoms with E-state index < -0.39 is 0 Å². The molecule has 1 N–H and O–H groups in total. The third-order valence-electron chi connectivity index (χ3n) is 3.88. The van der Waals surface area contributed by atoms with Crippen molar-refractivity contribution >= 4 is 18.3 Å². The Balaban J connectivity index is 0.00000144. The second kappa shape index (κ2) is 7.22. The molecule has 1 amide bonds. The molecule has 1 aliphatic heterocycles. The van der Waals surface area contributed by atoms with Crippen LogP contribution < -0.4 is 5.32 Å². The van der Waals surface area contributed by atoms with Gasteiger partial charge in [-0.15, -0.1) is 12.4 Å². The Labute approximate surface area is 111 Å². The number of carbonyl (C=O) groups is 1. The Morgan fingerprint density at radius 1 is 1.18 bits per heavy atom. The Morgan fingerprint density at radius 2 is 1.82 bits per heavy atom. The first-order chi connectivity index (χ1) is 7.77. The van der Waals surface area contributed by atoms with Crippen LogP contribution in [0.1, 0.15) is 45.4 Å². The van der Waals surface area contributed by atoms with Crippen molar-refractivity contribution in [2.75, 3.05) is 19.6 Å². The Bertz CT molecular complexity index is 236. The fourth-order valence-corrected chi connectivity index (χ4v) is 2.92. The molecule has 2 aliphatic rings. The predicted octanol–water partition coefficient (Wildman–Crippen LogP) is 2.20. The van der Waals surface area contributed by atoms with Crippen LogP contribution in [0.5, 0.6) is 0 Å². The van der Waals surface area contributed by atoms with E-state index in [0.29, 0.717) is 17.9 Å². The lowest BCUT2D eigenvalue weighted by Gasteiger charge is -2.34.